The summed E-state index contributed by atoms with van der Waals surface area (Å²) in [6.45, 7) is 6.49. The average molecular weight is 447 g/mol. The molecule has 0 atom stereocenters. The smallest absolute Gasteiger partial charge is 0.493 e. The Labute approximate surface area is 194 Å². The molecule has 0 saturated heterocycles. The molecule has 0 bridgehead atoms. The first kappa shape index (κ1) is 28.0. The maximum atomic E-state index is 10.9. The number of aryl methyl sites for hydroxylation is 2. The van der Waals surface area contributed by atoms with E-state index < -0.39 is 0 Å². The average Bonchev–Trinajstić information content (AvgIpc) is 3.00. The Bertz CT molecular complexity index is 859. The van der Waals surface area contributed by atoms with Crippen LogP contribution in [0.3, 0.4) is 0 Å². The van der Waals surface area contributed by atoms with Gasteiger partial charge in [-0.15, -0.1) is 0 Å². The molecule has 0 spiro atoms. The van der Waals surface area contributed by atoms with Gasteiger partial charge in [-0.2, -0.15) is 0 Å². The molecule has 0 unspecified atom stereocenters. The van der Waals surface area contributed by atoms with E-state index in [0.717, 1.165) is 40.9 Å². The van der Waals surface area contributed by atoms with E-state index in [4.69, 9.17) is 0 Å². The van der Waals surface area contributed by atoms with E-state index in [0.29, 0.717) is 0 Å². The standard InChI is InChI=1S/C25H30N2.2CH3.Ni/c1-4-6-8-20-10-14-22(15-11-20)24-18-19(3)25(27(24)26)23-16-12-21(13-17-23)9-7-5-2;;;/h10-18H,4-9H2,1-3H3;2*1H3;/q;2*-1;+2. The molecule has 30 heavy (non-hydrogen) atoms. The van der Waals surface area contributed by atoms with Crippen molar-refractivity contribution in [2.24, 2.45) is 0 Å². The van der Waals surface area contributed by atoms with Crippen molar-refractivity contribution in [3.8, 4) is 0 Å². The quantitative estimate of drug-likeness (QED) is 0.222. The van der Waals surface area contributed by atoms with Crippen LogP contribution in [0, 0.1) is 14.9 Å². The summed E-state index contributed by atoms with van der Waals surface area (Å²) in [6, 6.07) is 17.2. The summed E-state index contributed by atoms with van der Waals surface area (Å²) in [5.41, 5.74) is 18.5. The second kappa shape index (κ2) is 13.3. The van der Waals surface area contributed by atoms with Crippen molar-refractivity contribution in [1.82, 2.24) is 0 Å². The molecule has 2 nitrogen and oxygen atoms in total. The molecule has 0 radical (unpaired) electrons. The maximum absolute atomic E-state index is 10.9. The number of benzene rings is 2. The summed E-state index contributed by atoms with van der Waals surface area (Å²) in [6.07, 6.45) is 9.15. The summed E-state index contributed by atoms with van der Waals surface area (Å²) in [4.78, 5) is 0. The number of allylic oxidation sites excluding steroid dienone is 2. The zero-order valence-electron chi connectivity index (χ0n) is 19.1. The van der Waals surface area contributed by atoms with Gasteiger partial charge < -0.3 is 20.4 Å². The molecule has 1 aliphatic heterocycles. The minimum Gasteiger partial charge on any atom is -0.493 e. The molecular weight excluding hydrogens is 411 g/mol. The van der Waals surface area contributed by atoms with E-state index in [1.807, 2.05) is 0 Å². The Balaban J connectivity index is 0.00000280. The monoisotopic (exact) mass is 446 g/mol. The number of unbranched alkanes of at least 4 members (excludes halogenated alkanes) is 2. The molecule has 2 aromatic rings. The molecule has 164 valence electrons. The molecule has 2 aromatic carbocycles. The number of hydrogen-bond donors (Lipinski definition) is 0. The largest absolute Gasteiger partial charge is 2.00 e. The Kier molecular flexibility index (Phi) is 12.5. The van der Waals surface area contributed by atoms with Crippen molar-refractivity contribution < 1.29 is 21.2 Å². The fraction of sp³-hybridized carbons (Fsp3) is 0.333. The molecule has 3 rings (SSSR count). The predicted molar refractivity (Wildman–Crippen MR) is 127 cm³/mol. The summed E-state index contributed by atoms with van der Waals surface area (Å²) >= 11 is 0. The van der Waals surface area contributed by atoms with Crippen LogP contribution in [0.5, 0.6) is 0 Å². The third-order valence-corrected chi connectivity index (χ3v) is 5.28. The Morgan fingerprint density at radius 1 is 0.733 bits per heavy atom. The second-order valence-electron chi connectivity index (χ2n) is 7.47. The fourth-order valence-corrected chi connectivity index (χ4v) is 3.61. The van der Waals surface area contributed by atoms with E-state index in [1.54, 1.807) is 0 Å². The van der Waals surface area contributed by atoms with Gasteiger partial charge in [-0.05, 0) is 68.0 Å². The molecule has 0 amide bonds. The van der Waals surface area contributed by atoms with Crippen LogP contribution in [0.15, 0.2) is 60.2 Å². The van der Waals surface area contributed by atoms with Crippen LogP contribution in [-0.4, -0.2) is 4.70 Å². The van der Waals surface area contributed by atoms with Crippen molar-refractivity contribution in [3.05, 3.63) is 103 Å². The molecular formula is C27H36N2Ni. The number of nitrogens with zero attached hydrogens (tertiary/aromatic N) is 2. The molecule has 0 aromatic heterocycles. The van der Waals surface area contributed by atoms with E-state index in [-0.39, 0.29) is 31.3 Å². The minimum atomic E-state index is 0. The summed E-state index contributed by atoms with van der Waals surface area (Å²) < 4.78 is 1.34. The van der Waals surface area contributed by atoms with Gasteiger partial charge in [0, 0.05) is 22.8 Å². The van der Waals surface area contributed by atoms with Gasteiger partial charge in [0.2, 0.25) is 11.4 Å². The van der Waals surface area contributed by atoms with Crippen molar-refractivity contribution in [3.63, 3.8) is 0 Å². The zero-order chi connectivity index (χ0) is 19.2. The molecule has 0 fully saturated rings. The first-order valence-electron chi connectivity index (χ1n) is 10.2. The third kappa shape index (κ3) is 6.51. The van der Waals surface area contributed by atoms with Crippen molar-refractivity contribution in [1.29, 1.82) is 0 Å². The zero-order valence-corrected chi connectivity index (χ0v) is 20.1. The molecule has 0 N–H and O–H groups in total. The molecule has 0 saturated carbocycles. The normalized spacial score (nSPS) is 12.6. The van der Waals surface area contributed by atoms with Crippen LogP contribution in [-0.2, 0) is 29.3 Å². The summed E-state index contributed by atoms with van der Waals surface area (Å²) in [7, 11) is 0. The Morgan fingerprint density at radius 3 is 1.60 bits per heavy atom. The molecule has 0 aliphatic carbocycles. The van der Waals surface area contributed by atoms with Crippen LogP contribution in [0.25, 0.3) is 16.9 Å². The van der Waals surface area contributed by atoms with Crippen molar-refractivity contribution in [2.75, 3.05) is 0 Å². The van der Waals surface area contributed by atoms with Gasteiger partial charge in [0.25, 0.3) is 0 Å². The van der Waals surface area contributed by atoms with E-state index >= 15 is 0 Å². The fourth-order valence-electron chi connectivity index (χ4n) is 3.61. The molecule has 1 aliphatic rings. The number of hydrogen-bond acceptors (Lipinski definition) is 0. The van der Waals surface area contributed by atoms with Crippen LogP contribution >= 0.6 is 0 Å². The van der Waals surface area contributed by atoms with Crippen LogP contribution in [0.1, 0.15) is 68.7 Å². The summed E-state index contributed by atoms with van der Waals surface area (Å²) in [5, 5.41) is 0. The maximum Gasteiger partial charge on any atom is 2.00 e. The van der Waals surface area contributed by atoms with Crippen LogP contribution in [0.2, 0.25) is 0 Å². The minimum absolute atomic E-state index is 0. The van der Waals surface area contributed by atoms with Gasteiger partial charge in [0.1, 0.15) is 0 Å². The van der Waals surface area contributed by atoms with E-state index in [2.05, 4.69) is 75.4 Å². The van der Waals surface area contributed by atoms with Gasteiger partial charge in [-0.25, -0.2) is 4.70 Å². The molecule has 3 heteroatoms. The van der Waals surface area contributed by atoms with Crippen LogP contribution < -0.4 is 0 Å². The van der Waals surface area contributed by atoms with Crippen LogP contribution in [0.4, 0.5) is 0 Å². The Hall–Kier alpha value is -1.99. The van der Waals surface area contributed by atoms with Crippen molar-refractivity contribution in [2.45, 2.75) is 59.3 Å². The van der Waals surface area contributed by atoms with Gasteiger partial charge in [0.05, 0.1) is 0 Å². The first-order valence-corrected chi connectivity index (χ1v) is 10.2. The van der Waals surface area contributed by atoms with E-state index in [9.17, 15) is 5.53 Å². The molecule has 1 heterocycles. The van der Waals surface area contributed by atoms with Gasteiger partial charge in [0.15, 0.2) is 0 Å². The van der Waals surface area contributed by atoms with E-state index in [1.165, 1.54) is 41.5 Å². The van der Waals surface area contributed by atoms with Gasteiger partial charge >= 0.3 is 16.5 Å². The third-order valence-electron chi connectivity index (χ3n) is 5.28. The van der Waals surface area contributed by atoms with Crippen molar-refractivity contribution >= 4 is 11.4 Å². The number of rotatable bonds is 8. The Morgan fingerprint density at radius 2 is 1.17 bits per heavy atom. The predicted octanol–water partition coefficient (Wildman–Crippen LogP) is 8.09. The second-order valence-corrected chi connectivity index (χ2v) is 7.47. The van der Waals surface area contributed by atoms with Gasteiger partial charge in [-0.1, -0.05) is 51.0 Å². The summed E-state index contributed by atoms with van der Waals surface area (Å²) in [5.74, 6) is 0. The topological polar surface area (TPSA) is 25.3 Å². The first-order chi connectivity index (χ1) is 13.1. The SMILES string of the molecule is CCCCc1ccc(C2=CC(C)=C(c3ccc(CCCC)cc3)[N+]2=[N-])cc1.[CH3-].[CH3-].[Ni+2]. The van der Waals surface area contributed by atoms with Gasteiger partial charge in [-0.3, -0.25) is 0 Å².